The van der Waals surface area contributed by atoms with E-state index in [1.165, 1.54) is 6.20 Å². The van der Waals surface area contributed by atoms with Crippen LogP contribution in [-0.2, 0) is 6.42 Å². The highest BCUT2D eigenvalue weighted by atomic mass is 35.5. The van der Waals surface area contributed by atoms with Crippen LogP contribution in [0.3, 0.4) is 0 Å². The van der Waals surface area contributed by atoms with Crippen LogP contribution in [0.4, 0.5) is 0 Å². The van der Waals surface area contributed by atoms with Crippen LogP contribution in [0, 0.1) is 0 Å². The second-order valence-electron chi connectivity index (χ2n) is 3.68. The quantitative estimate of drug-likeness (QED) is 0.861. The summed E-state index contributed by atoms with van der Waals surface area (Å²) in [6, 6.07) is 3.28. The minimum absolute atomic E-state index is 0.262. The number of aryl methyl sites for hydroxylation is 1. The van der Waals surface area contributed by atoms with Crippen LogP contribution in [0.5, 0.6) is 0 Å². The number of H-pyrrole nitrogens is 1. The normalized spacial score (nSPS) is 10.7. The molecular weight excluding hydrogens is 242 g/mol. The Morgan fingerprint density at radius 3 is 2.76 bits per heavy atom. The highest BCUT2D eigenvalue weighted by molar-refractivity contribution is 6.32. The molecule has 1 aromatic heterocycles. The number of nitrogens with one attached hydrogen (secondary N) is 1. The van der Waals surface area contributed by atoms with Gasteiger partial charge in [-0.1, -0.05) is 18.5 Å². The molecule has 0 atom stereocenters. The van der Waals surface area contributed by atoms with E-state index in [0.717, 1.165) is 5.56 Å². The Hall–Kier alpha value is -1.81. The van der Waals surface area contributed by atoms with Crippen LogP contribution in [0.25, 0.3) is 10.9 Å². The van der Waals surface area contributed by atoms with Gasteiger partial charge in [0, 0.05) is 16.6 Å². The van der Waals surface area contributed by atoms with Crippen LogP contribution < -0.4 is 5.43 Å². The number of fused-ring (bicyclic) bond motifs is 1. The highest BCUT2D eigenvalue weighted by Crippen LogP contribution is 2.21. The number of aromatic carboxylic acids is 1. The van der Waals surface area contributed by atoms with E-state index in [1.807, 2.05) is 6.92 Å². The van der Waals surface area contributed by atoms with Gasteiger partial charge in [-0.25, -0.2) is 4.79 Å². The summed E-state index contributed by atoms with van der Waals surface area (Å²) in [4.78, 5) is 25.5. The van der Waals surface area contributed by atoms with Crippen molar-refractivity contribution >= 4 is 28.5 Å². The van der Waals surface area contributed by atoms with Gasteiger partial charge in [-0.15, -0.1) is 0 Å². The van der Waals surface area contributed by atoms with Crippen LogP contribution in [0.15, 0.2) is 23.1 Å². The van der Waals surface area contributed by atoms with Crippen LogP contribution >= 0.6 is 11.6 Å². The van der Waals surface area contributed by atoms with Crippen molar-refractivity contribution in [2.75, 3.05) is 0 Å². The molecule has 4 nitrogen and oxygen atoms in total. The zero-order valence-electron chi connectivity index (χ0n) is 9.08. The Morgan fingerprint density at radius 1 is 1.47 bits per heavy atom. The summed E-state index contributed by atoms with van der Waals surface area (Å²) in [5.41, 5.74) is 0.619. The summed E-state index contributed by atoms with van der Waals surface area (Å²) in [5, 5.41) is 9.78. The predicted octanol–water partition coefficient (Wildman–Crippen LogP) is 2.44. The molecule has 17 heavy (non-hydrogen) atoms. The number of hydrogen-bond donors (Lipinski definition) is 2. The molecule has 2 rings (SSSR count). The number of pyridine rings is 1. The van der Waals surface area contributed by atoms with E-state index in [0.29, 0.717) is 22.3 Å². The fraction of sp³-hybridized carbons (Fsp3) is 0.167. The van der Waals surface area contributed by atoms with E-state index in [2.05, 4.69) is 4.98 Å². The molecule has 0 saturated carbocycles. The topological polar surface area (TPSA) is 70.2 Å². The Bertz CT molecular complexity index is 661. The molecule has 1 aromatic carbocycles. The van der Waals surface area contributed by atoms with Gasteiger partial charge in [0.2, 0.25) is 5.43 Å². The first-order valence-corrected chi connectivity index (χ1v) is 5.49. The third-order valence-electron chi connectivity index (χ3n) is 2.66. The lowest BCUT2D eigenvalue weighted by molar-refractivity contribution is 0.0695. The standard InChI is InChI=1S/C12H10ClNO3/c1-2-6-3-7-10(4-9(6)13)14-5-8(11(7)15)12(16)17/h3-5H,2H2,1H3,(H,14,15)(H,16,17). The van der Waals surface area contributed by atoms with E-state index in [-0.39, 0.29) is 5.56 Å². The Labute approximate surface area is 102 Å². The number of hydrogen-bond acceptors (Lipinski definition) is 2. The zero-order valence-corrected chi connectivity index (χ0v) is 9.84. The van der Waals surface area contributed by atoms with Crippen molar-refractivity contribution < 1.29 is 9.90 Å². The molecule has 0 radical (unpaired) electrons. The lowest BCUT2D eigenvalue weighted by Crippen LogP contribution is -2.15. The van der Waals surface area contributed by atoms with Crippen LogP contribution in [-0.4, -0.2) is 16.1 Å². The fourth-order valence-electron chi connectivity index (χ4n) is 1.72. The predicted molar refractivity (Wildman–Crippen MR) is 65.9 cm³/mol. The maximum Gasteiger partial charge on any atom is 0.341 e. The molecule has 0 amide bonds. The monoisotopic (exact) mass is 251 g/mol. The molecule has 1 heterocycles. The van der Waals surface area contributed by atoms with E-state index in [4.69, 9.17) is 16.7 Å². The summed E-state index contributed by atoms with van der Waals surface area (Å²) < 4.78 is 0. The third kappa shape index (κ3) is 1.91. The van der Waals surface area contributed by atoms with Gasteiger partial charge in [0.05, 0.1) is 5.52 Å². The molecule has 0 aliphatic heterocycles. The van der Waals surface area contributed by atoms with Crippen LogP contribution in [0.1, 0.15) is 22.8 Å². The lowest BCUT2D eigenvalue weighted by Gasteiger charge is -2.05. The summed E-state index contributed by atoms with van der Waals surface area (Å²) in [6.07, 6.45) is 1.88. The first-order chi connectivity index (χ1) is 8.04. The molecule has 2 N–H and O–H groups in total. The number of aromatic nitrogens is 1. The summed E-state index contributed by atoms with van der Waals surface area (Å²) >= 11 is 6.02. The molecule has 0 bridgehead atoms. The van der Waals surface area contributed by atoms with Gasteiger partial charge >= 0.3 is 5.97 Å². The van der Waals surface area contributed by atoms with Crippen molar-refractivity contribution in [2.45, 2.75) is 13.3 Å². The van der Waals surface area contributed by atoms with Gasteiger partial charge < -0.3 is 10.1 Å². The Morgan fingerprint density at radius 2 is 2.18 bits per heavy atom. The number of halogens is 1. The number of carboxylic acids is 1. The maximum absolute atomic E-state index is 11.9. The average molecular weight is 252 g/mol. The molecule has 0 aliphatic rings. The lowest BCUT2D eigenvalue weighted by atomic mass is 10.1. The number of carboxylic acid groups (broad SMARTS) is 1. The van der Waals surface area contributed by atoms with Crippen molar-refractivity contribution in [3.8, 4) is 0 Å². The Kier molecular flexibility index (Phi) is 2.90. The molecular formula is C12H10ClNO3. The first kappa shape index (κ1) is 11.7. The van der Waals surface area contributed by atoms with Gasteiger partial charge in [-0.2, -0.15) is 0 Å². The summed E-state index contributed by atoms with van der Waals surface area (Å²) in [6.45, 7) is 1.92. The van der Waals surface area contributed by atoms with Gasteiger partial charge in [-0.3, -0.25) is 4.79 Å². The fourth-order valence-corrected chi connectivity index (χ4v) is 2.01. The number of aromatic amines is 1. The SMILES string of the molecule is CCc1cc2c(=O)c(C(=O)O)c[nH]c2cc1Cl. The minimum atomic E-state index is -1.24. The molecule has 0 spiro atoms. The van der Waals surface area contributed by atoms with E-state index in [1.54, 1.807) is 12.1 Å². The number of benzene rings is 1. The molecule has 0 unspecified atom stereocenters. The molecule has 2 aromatic rings. The molecule has 0 saturated heterocycles. The smallest absolute Gasteiger partial charge is 0.341 e. The number of rotatable bonds is 2. The van der Waals surface area contributed by atoms with Crippen LogP contribution in [0.2, 0.25) is 5.02 Å². The largest absolute Gasteiger partial charge is 0.477 e. The van der Waals surface area contributed by atoms with E-state index in [9.17, 15) is 9.59 Å². The maximum atomic E-state index is 11.9. The van der Waals surface area contributed by atoms with Crippen molar-refractivity contribution in [3.05, 3.63) is 44.7 Å². The summed E-state index contributed by atoms with van der Waals surface area (Å²) in [5.74, 6) is -1.24. The average Bonchev–Trinajstić information content (AvgIpc) is 2.28. The molecule has 0 aliphatic carbocycles. The van der Waals surface area contributed by atoms with Gasteiger partial charge in [-0.05, 0) is 24.1 Å². The molecule has 0 fully saturated rings. The first-order valence-electron chi connectivity index (χ1n) is 5.11. The van der Waals surface area contributed by atoms with Gasteiger partial charge in [0.25, 0.3) is 0 Å². The van der Waals surface area contributed by atoms with Crippen molar-refractivity contribution in [3.63, 3.8) is 0 Å². The minimum Gasteiger partial charge on any atom is -0.477 e. The van der Waals surface area contributed by atoms with Gasteiger partial charge in [0.1, 0.15) is 5.56 Å². The van der Waals surface area contributed by atoms with Crippen molar-refractivity contribution in [1.29, 1.82) is 0 Å². The summed E-state index contributed by atoms with van der Waals surface area (Å²) in [7, 11) is 0. The molecule has 88 valence electrons. The van der Waals surface area contributed by atoms with Crippen molar-refractivity contribution in [2.24, 2.45) is 0 Å². The third-order valence-corrected chi connectivity index (χ3v) is 3.01. The van der Waals surface area contributed by atoms with E-state index < -0.39 is 11.4 Å². The Balaban J connectivity index is 2.85. The second kappa shape index (κ2) is 4.22. The molecule has 5 heteroatoms. The number of carbonyl (C=O) groups is 1. The zero-order chi connectivity index (χ0) is 12.6. The van der Waals surface area contributed by atoms with E-state index >= 15 is 0 Å². The second-order valence-corrected chi connectivity index (χ2v) is 4.09. The van der Waals surface area contributed by atoms with Gasteiger partial charge in [0.15, 0.2) is 0 Å². The van der Waals surface area contributed by atoms with Crippen molar-refractivity contribution in [1.82, 2.24) is 4.98 Å². The highest BCUT2D eigenvalue weighted by Gasteiger charge is 2.12.